The summed E-state index contributed by atoms with van der Waals surface area (Å²) in [7, 11) is 2.18. The van der Waals surface area contributed by atoms with Gasteiger partial charge in [0.15, 0.2) is 0 Å². The highest BCUT2D eigenvalue weighted by molar-refractivity contribution is 7.80. The highest BCUT2D eigenvalue weighted by Gasteiger charge is 2.13. The van der Waals surface area contributed by atoms with Crippen LogP contribution in [-0.2, 0) is 0 Å². The Kier molecular flexibility index (Phi) is 7.45. The minimum Gasteiger partial charge on any atom is -0.393 e. The molecule has 0 aliphatic carbocycles. The monoisotopic (exact) mass is 246 g/mol. The summed E-state index contributed by atoms with van der Waals surface area (Å²) in [5.41, 5.74) is 0. The van der Waals surface area contributed by atoms with E-state index in [1.165, 1.54) is 26.2 Å². The highest BCUT2D eigenvalue weighted by Crippen LogP contribution is 2.07. The molecule has 0 bridgehead atoms. The Morgan fingerprint density at radius 2 is 1.75 bits per heavy atom. The molecule has 1 heterocycles. The van der Waals surface area contributed by atoms with Crippen LogP contribution in [0.15, 0.2) is 0 Å². The second kappa shape index (κ2) is 8.34. The topological polar surface area (TPSA) is 26.7 Å². The first-order valence-electron chi connectivity index (χ1n) is 6.42. The Balaban J connectivity index is 1.98. The van der Waals surface area contributed by atoms with Crippen LogP contribution in [0.2, 0.25) is 0 Å². The van der Waals surface area contributed by atoms with Gasteiger partial charge in [0.25, 0.3) is 0 Å². The summed E-state index contributed by atoms with van der Waals surface area (Å²) in [6, 6.07) is 0. The highest BCUT2D eigenvalue weighted by atomic mass is 32.1. The minimum atomic E-state index is -0.111. The van der Waals surface area contributed by atoms with Gasteiger partial charge in [-0.2, -0.15) is 12.6 Å². The van der Waals surface area contributed by atoms with Crippen molar-refractivity contribution < 1.29 is 5.11 Å². The van der Waals surface area contributed by atoms with E-state index < -0.39 is 0 Å². The van der Waals surface area contributed by atoms with E-state index in [0.29, 0.717) is 0 Å². The molecule has 0 saturated carbocycles. The van der Waals surface area contributed by atoms with Crippen molar-refractivity contribution in [1.82, 2.24) is 9.80 Å². The molecule has 1 N–H and O–H groups in total. The number of aliphatic hydroxyl groups is 1. The molecule has 0 spiro atoms. The van der Waals surface area contributed by atoms with Crippen molar-refractivity contribution in [3.8, 4) is 0 Å². The van der Waals surface area contributed by atoms with Crippen molar-refractivity contribution in [2.75, 3.05) is 45.5 Å². The van der Waals surface area contributed by atoms with Gasteiger partial charge >= 0.3 is 0 Å². The standard InChI is InChI=1S/C12H26N2OS/c1-13-7-9-14(10-8-13)6-2-4-12(15)5-3-11-16/h12,15-16H,2-11H2,1H3/t12-/m1/s1. The van der Waals surface area contributed by atoms with Crippen LogP contribution in [0.5, 0.6) is 0 Å². The number of hydrogen-bond acceptors (Lipinski definition) is 4. The zero-order chi connectivity index (χ0) is 11.8. The van der Waals surface area contributed by atoms with Gasteiger partial charge in [-0.25, -0.2) is 0 Å². The summed E-state index contributed by atoms with van der Waals surface area (Å²) < 4.78 is 0. The number of aliphatic hydroxyl groups excluding tert-OH is 1. The second-order valence-corrected chi connectivity index (χ2v) is 5.25. The normalized spacial score (nSPS) is 21.2. The lowest BCUT2D eigenvalue weighted by Gasteiger charge is -2.32. The molecular formula is C12H26N2OS. The van der Waals surface area contributed by atoms with Crippen molar-refractivity contribution >= 4 is 12.6 Å². The van der Waals surface area contributed by atoms with Gasteiger partial charge in [-0.15, -0.1) is 0 Å². The van der Waals surface area contributed by atoms with Gasteiger partial charge in [0.1, 0.15) is 0 Å². The molecule has 0 unspecified atom stereocenters. The Morgan fingerprint density at radius 3 is 2.38 bits per heavy atom. The van der Waals surface area contributed by atoms with Gasteiger partial charge in [-0.1, -0.05) is 0 Å². The van der Waals surface area contributed by atoms with Crippen LogP contribution in [0.3, 0.4) is 0 Å². The van der Waals surface area contributed by atoms with Crippen molar-refractivity contribution in [2.24, 2.45) is 0 Å². The average molecular weight is 246 g/mol. The summed E-state index contributed by atoms with van der Waals surface area (Å²) in [4.78, 5) is 4.88. The average Bonchev–Trinajstić information content (AvgIpc) is 2.29. The number of piperazine rings is 1. The third-order valence-corrected chi connectivity index (χ3v) is 3.62. The maximum absolute atomic E-state index is 9.69. The number of rotatable bonds is 7. The van der Waals surface area contributed by atoms with Gasteiger partial charge in [0.2, 0.25) is 0 Å². The van der Waals surface area contributed by atoms with E-state index in [4.69, 9.17) is 0 Å². The number of likely N-dealkylation sites (N-methyl/N-ethyl adjacent to an activating group) is 1. The zero-order valence-electron chi connectivity index (χ0n) is 10.4. The second-order valence-electron chi connectivity index (χ2n) is 4.81. The van der Waals surface area contributed by atoms with Gasteiger partial charge in [-0.3, -0.25) is 0 Å². The van der Waals surface area contributed by atoms with E-state index in [1.807, 2.05) is 0 Å². The maximum Gasteiger partial charge on any atom is 0.0541 e. The molecule has 1 aliphatic heterocycles. The van der Waals surface area contributed by atoms with Crippen LogP contribution in [0, 0.1) is 0 Å². The Hall–Kier alpha value is 0.230. The molecule has 0 radical (unpaired) electrons. The fourth-order valence-corrected chi connectivity index (χ4v) is 2.28. The molecule has 0 amide bonds. The van der Waals surface area contributed by atoms with Crippen molar-refractivity contribution in [3.05, 3.63) is 0 Å². The molecule has 0 aromatic heterocycles. The van der Waals surface area contributed by atoms with Crippen LogP contribution in [0.25, 0.3) is 0 Å². The summed E-state index contributed by atoms with van der Waals surface area (Å²) >= 11 is 4.15. The molecule has 1 aliphatic rings. The SMILES string of the molecule is CN1CCN(CCC[C@@H](O)CCCS)CC1. The molecule has 1 saturated heterocycles. The molecule has 1 fully saturated rings. The lowest BCUT2D eigenvalue weighted by Crippen LogP contribution is -2.44. The number of hydrogen-bond donors (Lipinski definition) is 2. The van der Waals surface area contributed by atoms with Crippen molar-refractivity contribution in [2.45, 2.75) is 31.8 Å². The summed E-state index contributed by atoms with van der Waals surface area (Å²) in [5, 5.41) is 9.69. The maximum atomic E-state index is 9.69. The summed E-state index contributed by atoms with van der Waals surface area (Å²) in [6.45, 7) is 5.88. The number of thiol groups is 1. The summed E-state index contributed by atoms with van der Waals surface area (Å²) in [5.74, 6) is 0.884. The van der Waals surface area contributed by atoms with E-state index in [1.54, 1.807) is 0 Å². The lowest BCUT2D eigenvalue weighted by molar-refractivity contribution is 0.126. The Labute approximate surface area is 105 Å². The summed E-state index contributed by atoms with van der Waals surface area (Å²) in [6.07, 6.45) is 3.89. The van der Waals surface area contributed by atoms with E-state index >= 15 is 0 Å². The van der Waals surface area contributed by atoms with Crippen molar-refractivity contribution in [3.63, 3.8) is 0 Å². The predicted octanol–water partition coefficient (Wildman–Crippen LogP) is 1.08. The van der Waals surface area contributed by atoms with E-state index in [2.05, 4.69) is 29.5 Å². The van der Waals surface area contributed by atoms with Crippen molar-refractivity contribution in [1.29, 1.82) is 0 Å². The molecular weight excluding hydrogens is 220 g/mol. The fourth-order valence-electron chi connectivity index (χ4n) is 2.09. The molecule has 96 valence electrons. The van der Waals surface area contributed by atoms with Crippen LogP contribution >= 0.6 is 12.6 Å². The molecule has 0 aromatic rings. The minimum absolute atomic E-state index is 0.111. The number of nitrogens with zero attached hydrogens (tertiary/aromatic N) is 2. The Bertz CT molecular complexity index is 172. The molecule has 16 heavy (non-hydrogen) atoms. The molecule has 1 atom stereocenters. The Morgan fingerprint density at radius 1 is 1.12 bits per heavy atom. The third kappa shape index (κ3) is 6.09. The van der Waals surface area contributed by atoms with Crippen LogP contribution in [0.4, 0.5) is 0 Å². The quantitative estimate of drug-likeness (QED) is 0.658. The first-order valence-corrected chi connectivity index (χ1v) is 7.05. The third-order valence-electron chi connectivity index (χ3n) is 3.30. The van der Waals surface area contributed by atoms with Crippen LogP contribution < -0.4 is 0 Å². The molecule has 1 rings (SSSR count). The van der Waals surface area contributed by atoms with Crippen LogP contribution in [0.1, 0.15) is 25.7 Å². The zero-order valence-corrected chi connectivity index (χ0v) is 11.3. The van der Waals surface area contributed by atoms with Gasteiger partial charge in [0, 0.05) is 26.2 Å². The molecule has 0 aromatic carbocycles. The smallest absolute Gasteiger partial charge is 0.0541 e. The largest absolute Gasteiger partial charge is 0.393 e. The first kappa shape index (κ1) is 14.3. The lowest BCUT2D eigenvalue weighted by atomic mass is 10.1. The van der Waals surface area contributed by atoms with Crippen LogP contribution in [-0.4, -0.2) is 66.5 Å². The van der Waals surface area contributed by atoms with E-state index in [9.17, 15) is 5.11 Å². The predicted molar refractivity (Wildman–Crippen MR) is 72.3 cm³/mol. The van der Waals surface area contributed by atoms with Gasteiger partial charge in [0.05, 0.1) is 6.10 Å². The van der Waals surface area contributed by atoms with E-state index in [0.717, 1.165) is 38.0 Å². The van der Waals surface area contributed by atoms with Gasteiger partial charge in [-0.05, 0) is 45.0 Å². The first-order chi connectivity index (χ1) is 7.72. The van der Waals surface area contributed by atoms with E-state index in [-0.39, 0.29) is 6.10 Å². The van der Waals surface area contributed by atoms with Gasteiger partial charge < -0.3 is 14.9 Å². The molecule has 3 nitrogen and oxygen atoms in total. The molecule has 4 heteroatoms. The fraction of sp³-hybridized carbons (Fsp3) is 1.00.